The Kier molecular flexibility index (Phi) is 2.73. The average molecular weight is 212 g/mol. The van der Waals surface area contributed by atoms with Gasteiger partial charge in [0.25, 0.3) is 0 Å². The first kappa shape index (κ1) is 10.5. The summed E-state index contributed by atoms with van der Waals surface area (Å²) in [4.78, 5) is 1.98. The van der Waals surface area contributed by atoms with Crippen molar-refractivity contribution in [3.05, 3.63) is 0 Å². The topological polar surface area (TPSA) is 87.9 Å². The Morgan fingerprint density at radius 3 is 2.93 bits per heavy atom. The van der Waals surface area contributed by atoms with E-state index in [2.05, 4.69) is 5.10 Å². The van der Waals surface area contributed by atoms with Gasteiger partial charge in [-0.3, -0.25) is 0 Å². The molecule has 2 aliphatic rings. The van der Waals surface area contributed by atoms with Gasteiger partial charge in [0.05, 0.1) is 5.60 Å². The quantitative estimate of drug-likeness (QED) is 0.225. The van der Waals surface area contributed by atoms with Gasteiger partial charge in [-0.25, -0.2) is 0 Å². The van der Waals surface area contributed by atoms with E-state index in [1.807, 2.05) is 4.90 Å². The van der Waals surface area contributed by atoms with Gasteiger partial charge in [-0.2, -0.15) is 0 Å². The van der Waals surface area contributed by atoms with Crippen LogP contribution in [0.1, 0.15) is 32.1 Å². The second kappa shape index (κ2) is 3.89. The van der Waals surface area contributed by atoms with Gasteiger partial charge in [-0.15, -0.1) is 5.10 Å². The lowest BCUT2D eigenvalue weighted by Gasteiger charge is -2.47. The summed E-state index contributed by atoms with van der Waals surface area (Å²) in [5, 5.41) is 13.9. The molecule has 1 aliphatic heterocycles. The van der Waals surface area contributed by atoms with E-state index >= 15 is 0 Å². The van der Waals surface area contributed by atoms with Crippen LogP contribution in [0.25, 0.3) is 0 Å². The second-order valence-corrected chi connectivity index (χ2v) is 4.73. The molecule has 2 rings (SSSR count). The lowest BCUT2D eigenvalue weighted by Crippen LogP contribution is -2.56. The van der Waals surface area contributed by atoms with E-state index in [9.17, 15) is 5.11 Å². The Hall–Kier alpha value is -0.970. The fraction of sp³-hybridized carbons (Fsp3) is 0.900. The minimum Gasteiger partial charge on any atom is -0.389 e. The van der Waals surface area contributed by atoms with Gasteiger partial charge in [0.1, 0.15) is 0 Å². The van der Waals surface area contributed by atoms with E-state index in [4.69, 9.17) is 11.6 Å². The number of nitrogens with two attached hydrogens (primary N) is 2. The van der Waals surface area contributed by atoms with Crippen LogP contribution >= 0.6 is 0 Å². The highest BCUT2D eigenvalue weighted by Gasteiger charge is 2.43. The summed E-state index contributed by atoms with van der Waals surface area (Å²) in [7, 11) is 0. The predicted octanol–water partition coefficient (Wildman–Crippen LogP) is -0.198. The maximum atomic E-state index is 10.4. The van der Waals surface area contributed by atoms with Crippen LogP contribution in [0.5, 0.6) is 0 Å². The molecule has 5 heteroatoms. The van der Waals surface area contributed by atoms with Crippen molar-refractivity contribution in [1.29, 1.82) is 0 Å². The van der Waals surface area contributed by atoms with Gasteiger partial charge in [-0.1, -0.05) is 12.8 Å². The van der Waals surface area contributed by atoms with Crippen molar-refractivity contribution in [2.24, 2.45) is 22.6 Å². The molecule has 0 aromatic rings. The molecule has 0 spiro atoms. The van der Waals surface area contributed by atoms with Crippen LogP contribution in [0.3, 0.4) is 0 Å². The van der Waals surface area contributed by atoms with Crippen molar-refractivity contribution >= 4 is 5.96 Å². The van der Waals surface area contributed by atoms with E-state index < -0.39 is 5.60 Å². The molecule has 0 radical (unpaired) electrons. The molecule has 5 N–H and O–H groups in total. The minimum absolute atomic E-state index is 0.334. The molecule has 0 bridgehead atoms. The van der Waals surface area contributed by atoms with E-state index in [1.165, 1.54) is 6.42 Å². The first-order valence-corrected chi connectivity index (χ1v) is 5.66. The molecule has 0 aromatic carbocycles. The Morgan fingerprint density at radius 2 is 2.20 bits per heavy atom. The highest BCUT2D eigenvalue weighted by atomic mass is 16.3. The van der Waals surface area contributed by atoms with Crippen molar-refractivity contribution in [2.45, 2.75) is 37.7 Å². The summed E-state index contributed by atoms with van der Waals surface area (Å²) in [5.74, 6) is 5.89. The second-order valence-electron chi connectivity index (χ2n) is 4.73. The smallest absolute Gasteiger partial charge is 0.213 e. The largest absolute Gasteiger partial charge is 0.389 e. The van der Waals surface area contributed by atoms with Crippen LogP contribution in [0.15, 0.2) is 5.10 Å². The van der Waals surface area contributed by atoms with Crippen LogP contribution in [0.2, 0.25) is 0 Å². The van der Waals surface area contributed by atoms with Crippen molar-refractivity contribution in [3.63, 3.8) is 0 Å². The first-order chi connectivity index (χ1) is 7.15. The lowest BCUT2D eigenvalue weighted by atomic mass is 9.71. The van der Waals surface area contributed by atoms with E-state index in [-0.39, 0.29) is 0 Å². The molecule has 1 aliphatic carbocycles. The van der Waals surface area contributed by atoms with Crippen molar-refractivity contribution in [3.8, 4) is 0 Å². The van der Waals surface area contributed by atoms with Crippen LogP contribution in [0.4, 0.5) is 0 Å². The minimum atomic E-state index is -0.455. The van der Waals surface area contributed by atoms with Crippen LogP contribution in [-0.4, -0.2) is 34.7 Å². The molecule has 0 aromatic heterocycles. The molecular weight excluding hydrogens is 192 g/mol. The van der Waals surface area contributed by atoms with Crippen molar-refractivity contribution in [2.75, 3.05) is 13.1 Å². The summed E-state index contributed by atoms with van der Waals surface area (Å²) >= 11 is 0. The van der Waals surface area contributed by atoms with E-state index in [0.29, 0.717) is 11.9 Å². The first-order valence-electron chi connectivity index (χ1n) is 5.66. The zero-order chi connectivity index (χ0) is 10.9. The number of rotatable bonds is 0. The van der Waals surface area contributed by atoms with Gasteiger partial charge in [0.15, 0.2) is 0 Å². The molecule has 1 saturated carbocycles. The van der Waals surface area contributed by atoms with Crippen LogP contribution in [0, 0.1) is 5.92 Å². The number of likely N-dealkylation sites (tertiary alicyclic amines) is 1. The highest BCUT2D eigenvalue weighted by Crippen LogP contribution is 2.39. The van der Waals surface area contributed by atoms with Crippen molar-refractivity contribution < 1.29 is 5.11 Å². The zero-order valence-electron chi connectivity index (χ0n) is 9.02. The third-order valence-electron chi connectivity index (χ3n) is 3.88. The Bertz CT molecular complexity index is 268. The molecule has 1 heterocycles. The molecule has 1 saturated heterocycles. The molecule has 5 nitrogen and oxygen atoms in total. The van der Waals surface area contributed by atoms with Gasteiger partial charge < -0.3 is 21.6 Å². The molecular formula is C10H20N4O. The molecule has 86 valence electrons. The number of nitrogens with zero attached hydrogens (tertiary/aromatic N) is 2. The molecule has 15 heavy (non-hydrogen) atoms. The Labute approximate surface area is 90.1 Å². The number of piperidine rings is 1. The number of hydrogen-bond donors (Lipinski definition) is 3. The predicted molar refractivity (Wildman–Crippen MR) is 58.9 cm³/mol. The van der Waals surface area contributed by atoms with Crippen LogP contribution in [-0.2, 0) is 0 Å². The number of hydrazone groups is 1. The van der Waals surface area contributed by atoms with Crippen LogP contribution < -0.4 is 11.6 Å². The number of guanidine groups is 1. The average Bonchev–Trinajstić information content (AvgIpc) is 2.26. The highest BCUT2D eigenvalue weighted by molar-refractivity contribution is 5.77. The summed E-state index contributed by atoms with van der Waals surface area (Å²) in [6, 6.07) is 0. The number of fused-ring (bicyclic) bond motifs is 1. The maximum Gasteiger partial charge on any atom is 0.213 e. The summed E-state index contributed by atoms with van der Waals surface area (Å²) in [6.45, 7) is 1.56. The fourth-order valence-electron chi connectivity index (χ4n) is 2.86. The van der Waals surface area contributed by atoms with Crippen molar-refractivity contribution in [1.82, 2.24) is 4.90 Å². The third kappa shape index (κ3) is 1.88. The van der Waals surface area contributed by atoms with E-state index in [1.54, 1.807) is 0 Å². The molecule has 0 amide bonds. The Balaban J connectivity index is 2.05. The third-order valence-corrected chi connectivity index (χ3v) is 3.88. The Morgan fingerprint density at radius 1 is 1.40 bits per heavy atom. The van der Waals surface area contributed by atoms with Gasteiger partial charge in [0, 0.05) is 19.0 Å². The number of aliphatic hydroxyl groups is 1. The van der Waals surface area contributed by atoms with E-state index in [0.717, 1.165) is 38.8 Å². The molecule has 2 atom stereocenters. The van der Waals surface area contributed by atoms with Gasteiger partial charge >= 0.3 is 0 Å². The number of hydrogen-bond acceptors (Lipinski definition) is 3. The normalized spacial score (nSPS) is 37.5. The summed E-state index contributed by atoms with van der Waals surface area (Å²) in [6.07, 6.45) is 5.16. The SMILES string of the molecule is NN=C(N)N1CCC2(O)CCCCC2C1. The molecule has 2 unspecified atom stereocenters. The monoisotopic (exact) mass is 212 g/mol. The summed E-state index contributed by atoms with van der Waals surface area (Å²) in [5.41, 5.74) is 5.23. The lowest BCUT2D eigenvalue weighted by molar-refractivity contribution is -0.0841. The molecule has 2 fully saturated rings. The van der Waals surface area contributed by atoms with Gasteiger partial charge in [0.2, 0.25) is 5.96 Å². The zero-order valence-corrected chi connectivity index (χ0v) is 9.02. The standard InChI is InChI=1S/C10H20N4O/c11-9(13-12)14-6-5-10(15)4-2-1-3-8(10)7-14/h8,15H,1-7,12H2,(H2,11,13). The van der Waals surface area contributed by atoms with Gasteiger partial charge in [-0.05, 0) is 19.3 Å². The summed E-state index contributed by atoms with van der Waals surface area (Å²) < 4.78 is 0. The fourth-order valence-corrected chi connectivity index (χ4v) is 2.86. The maximum absolute atomic E-state index is 10.4.